The second-order valence-electron chi connectivity index (χ2n) is 12.7. The Balaban J connectivity index is 1.61. The van der Waals surface area contributed by atoms with Crippen LogP contribution in [-0.2, 0) is 30.2 Å². The Morgan fingerprint density at radius 1 is 0.804 bits per heavy atom. The first-order chi connectivity index (χ1) is 21.5. The van der Waals surface area contributed by atoms with E-state index >= 15 is 0 Å². The Labute approximate surface area is 279 Å². The van der Waals surface area contributed by atoms with Crippen molar-refractivity contribution >= 4 is 46.3 Å². The van der Waals surface area contributed by atoms with Crippen molar-refractivity contribution in [3.8, 4) is 22.3 Å². The molecule has 2 atom stereocenters. The first-order valence-electron chi connectivity index (χ1n) is 15.3. The second-order valence-corrected chi connectivity index (χ2v) is 28.5. The number of alkyl halides is 6. The van der Waals surface area contributed by atoms with Gasteiger partial charge in [-0.2, -0.15) is 0 Å². The number of benzene rings is 4. The Morgan fingerprint density at radius 3 is 2.04 bits per heavy atom. The SMILES string of the molecule is CCC(C)C1=Cc2c(ccc(C(C)C)c2-c2cc(C(F)(F)F)cc(C(F)(F)F)c2)[CH]1[Zr]([Cl])([Cl])[c]1cccc2c1[SiH2]c1ccccc1-2. The Hall–Kier alpha value is -2.12. The number of allylic oxidation sites excluding steroid dienone is 1. The predicted octanol–water partition coefficient (Wildman–Crippen LogP) is 9.89. The molecule has 2 aliphatic rings. The molecule has 1 aliphatic heterocycles. The first kappa shape index (κ1) is 33.8. The van der Waals surface area contributed by atoms with Gasteiger partial charge in [0.05, 0.1) is 0 Å². The van der Waals surface area contributed by atoms with Crippen molar-refractivity contribution < 1.29 is 44.2 Å². The summed E-state index contributed by atoms with van der Waals surface area (Å²) < 4.78 is 84.7. The van der Waals surface area contributed by atoms with Crippen molar-refractivity contribution in [2.75, 3.05) is 0 Å². The van der Waals surface area contributed by atoms with E-state index in [1.54, 1.807) is 0 Å². The normalized spacial score (nSPS) is 17.2. The van der Waals surface area contributed by atoms with Gasteiger partial charge in [-0.1, -0.05) is 0 Å². The van der Waals surface area contributed by atoms with E-state index in [4.69, 9.17) is 17.0 Å². The van der Waals surface area contributed by atoms with E-state index in [1.807, 2.05) is 56.3 Å². The van der Waals surface area contributed by atoms with Crippen LogP contribution in [-0.4, -0.2) is 9.52 Å². The molecule has 4 aromatic carbocycles. The van der Waals surface area contributed by atoms with Crippen LogP contribution in [0.3, 0.4) is 0 Å². The molecule has 0 saturated heterocycles. The molecular weight excluding hydrogens is 737 g/mol. The molecule has 0 fully saturated rings. The third-order valence-corrected chi connectivity index (χ3v) is 23.8. The number of fused-ring (bicyclic) bond motifs is 4. The predicted molar refractivity (Wildman–Crippen MR) is 177 cm³/mol. The van der Waals surface area contributed by atoms with Crippen molar-refractivity contribution in [3.05, 3.63) is 106 Å². The summed E-state index contributed by atoms with van der Waals surface area (Å²) in [6.07, 6.45) is -7.18. The van der Waals surface area contributed by atoms with Gasteiger partial charge in [0.1, 0.15) is 0 Å². The van der Waals surface area contributed by atoms with Gasteiger partial charge in [0, 0.05) is 0 Å². The van der Waals surface area contributed by atoms with E-state index in [0.29, 0.717) is 16.7 Å². The molecule has 1 aliphatic carbocycles. The van der Waals surface area contributed by atoms with Crippen molar-refractivity contribution in [2.45, 2.75) is 56.0 Å². The summed E-state index contributed by atoms with van der Waals surface area (Å²) in [5, 5.41) is 2.58. The van der Waals surface area contributed by atoms with Gasteiger partial charge in [-0.3, -0.25) is 0 Å². The van der Waals surface area contributed by atoms with Gasteiger partial charge in [0.15, 0.2) is 0 Å². The molecule has 0 N–H and O–H groups in total. The van der Waals surface area contributed by atoms with E-state index in [0.717, 1.165) is 38.5 Å². The van der Waals surface area contributed by atoms with Gasteiger partial charge in [-0.25, -0.2) is 0 Å². The van der Waals surface area contributed by atoms with Crippen LogP contribution in [0.1, 0.15) is 71.5 Å². The van der Waals surface area contributed by atoms with Crippen LogP contribution < -0.4 is 13.6 Å². The van der Waals surface area contributed by atoms with E-state index in [9.17, 15) is 26.3 Å². The van der Waals surface area contributed by atoms with E-state index in [-0.39, 0.29) is 27.1 Å². The molecule has 2 unspecified atom stereocenters. The quantitative estimate of drug-likeness (QED) is 0.119. The van der Waals surface area contributed by atoms with Gasteiger partial charge in [-0.15, -0.1) is 0 Å². The number of halogens is 8. The summed E-state index contributed by atoms with van der Waals surface area (Å²) in [6.45, 7) is 7.90. The molecular formula is C36H32Cl2F6SiZr. The van der Waals surface area contributed by atoms with Gasteiger partial charge < -0.3 is 0 Å². The average molecular weight is 769 g/mol. The Bertz CT molecular complexity index is 1840. The molecule has 0 amide bonds. The number of rotatable bonds is 6. The summed E-state index contributed by atoms with van der Waals surface area (Å²) in [7, 11) is 14.6. The van der Waals surface area contributed by atoms with Crippen LogP contribution in [0.5, 0.6) is 0 Å². The molecule has 0 saturated carbocycles. The molecule has 0 bridgehead atoms. The fraction of sp³-hybridized carbons (Fsp3) is 0.278. The van der Waals surface area contributed by atoms with Crippen molar-refractivity contribution in [3.63, 3.8) is 0 Å². The van der Waals surface area contributed by atoms with Crippen molar-refractivity contribution in [1.29, 1.82) is 0 Å². The maximum atomic E-state index is 14.0. The average Bonchev–Trinajstić information content (AvgIpc) is 3.58. The summed E-state index contributed by atoms with van der Waals surface area (Å²) >= 11 is -4.45. The van der Waals surface area contributed by atoms with Crippen molar-refractivity contribution in [1.82, 2.24) is 0 Å². The molecule has 46 heavy (non-hydrogen) atoms. The zero-order chi connectivity index (χ0) is 33.3. The van der Waals surface area contributed by atoms with Crippen molar-refractivity contribution in [2.24, 2.45) is 5.92 Å². The minimum absolute atomic E-state index is 0.0415. The number of hydrogen-bond acceptors (Lipinski definition) is 0. The first-order valence-corrected chi connectivity index (χ1v) is 25.7. The van der Waals surface area contributed by atoms with Crippen LogP contribution in [0.15, 0.2) is 78.4 Å². The van der Waals surface area contributed by atoms with Crippen LogP contribution in [0.25, 0.3) is 28.3 Å². The maximum absolute atomic E-state index is 14.0. The summed E-state index contributed by atoms with van der Waals surface area (Å²) in [5.74, 6) is -0.134. The number of hydrogen-bond donors (Lipinski definition) is 0. The fourth-order valence-corrected chi connectivity index (χ4v) is 24.0. The summed E-state index contributed by atoms with van der Waals surface area (Å²) in [6, 6.07) is 20.1. The molecule has 6 rings (SSSR count). The molecule has 240 valence electrons. The molecule has 10 heteroatoms. The monoisotopic (exact) mass is 766 g/mol. The van der Waals surface area contributed by atoms with Gasteiger partial charge in [0.2, 0.25) is 0 Å². The fourth-order valence-electron chi connectivity index (χ4n) is 7.08. The minimum atomic E-state index is -4.96. The van der Waals surface area contributed by atoms with Gasteiger partial charge >= 0.3 is 281 Å². The molecule has 0 spiro atoms. The molecule has 1 heterocycles. The molecule has 0 radical (unpaired) electrons. The van der Waals surface area contributed by atoms with Crippen LogP contribution in [0.2, 0.25) is 0 Å². The van der Waals surface area contributed by atoms with E-state index < -0.39 is 50.9 Å². The zero-order valence-corrected chi connectivity index (χ0v) is 31.1. The zero-order valence-electron chi connectivity index (χ0n) is 25.7. The van der Waals surface area contributed by atoms with E-state index in [2.05, 4.69) is 32.0 Å². The summed E-state index contributed by atoms with van der Waals surface area (Å²) in [4.78, 5) is 0. The second kappa shape index (κ2) is 12.1. The van der Waals surface area contributed by atoms with Crippen LogP contribution in [0.4, 0.5) is 26.3 Å². The summed E-state index contributed by atoms with van der Waals surface area (Å²) in [5.41, 5.74) is 3.04. The molecule has 0 nitrogen and oxygen atoms in total. The van der Waals surface area contributed by atoms with Crippen LogP contribution >= 0.6 is 17.0 Å². The molecule has 4 aromatic rings. The van der Waals surface area contributed by atoms with E-state index in [1.165, 1.54) is 15.9 Å². The van der Waals surface area contributed by atoms with Crippen LogP contribution in [0, 0.1) is 5.92 Å². The molecule has 0 aromatic heterocycles. The van der Waals surface area contributed by atoms with Gasteiger partial charge in [0.25, 0.3) is 0 Å². The topological polar surface area (TPSA) is 0 Å². The Kier molecular flexibility index (Phi) is 8.87. The third-order valence-electron chi connectivity index (χ3n) is 9.52. The third kappa shape index (κ3) is 5.80. The van der Waals surface area contributed by atoms with Gasteiger partial charge in [-0.05, 0) is 0 Å². The Morgan fingerprint density at radius 2 is 1.43 bits per heavy atom. The standard InChI is InChI=1S/C24H23F6.C12H9Si.2ClH.Zr/c1-5-14(4)16-8-15-6-7-20(13(2)3)22(21(15)11-16)17-9-18(23(25,26)27)12-19(10-17)24(28,29)30;1-3-7-11-9(5-1)10-6-2-4-8-12(10)13-11;;;/h6-14H,5H2,1-4H3;1-7H,13H2;2*1H;/q;;;;+2/p-2.